The molecular formula is C13H15Cl2NO3. The minimum Gasteiger partial charge on any atom is -0.389 e. The number of rotatable bonds is 3. The van der Waals surface area contributed by atoms with Crippen molar-refractivity contribution in [2.24, 2.45) is 0 Å². The van der Waals surface area contributed by atoms with Crippen LogP contribution >= 0.6 is 23.2 Å². The zero-order valence-corrected chi connectivity index (χ0v) is 11.7. The van der Waals surface area contributed by atoms with Crippen LogP contribution in [0.1, 0.15) is 12.0 Å². The van der Waals surface area contributed by atoms with Crippen molar-refractivity contribution in [1.82, 2.24) is 5.32 Å². The summed E-state index contributed by atoms with van der Waals surface area (Å²) in [4.78, 5) is 12.0. The van der Waals surface area contributed by atoms with Gasteiger partial charge in [-0.05, 0) is 24.1 Å². The molecule has 1 heterocycles. The van der Waals surface area contributed by atoms with E-state index < -0.39 is 6.10 Å². The number of carbonyl (C=O) groups is 1. The van der Waals surface area contributed by atoms with E-state index in [1.807, 2.05) is 0 Å². The fourth-order valence-corrected chi connectivity index (χ4v) is 2.54. The van der Waals surface area contributed by atoms with Gasteiger partial charge in [0.25, 0.3) is 0 Å². The second-order valence-corrected chi connectivity index (χ2v) is 5.30. The molecule has 1 aliphatic rings. The Morgan fingerprint density at radius 1 is 1.42 bits per heavy atom. The third kappa shape index (κ3) is 3.83. The van der Waals surface area contributed by atoms with Crippen molar-refractivity contribution in [3.63, 3.8) is 0 Å². The van der Waals surface area contributed by atoms with E-state index >= 15 is 0 Å². The molecule has 2 N–H and O–H groups in total. The molecule has 0 bridgehead atoms. The van der Waals surface area contributed by atoms with Crippen LogP contribution < -0.4 is 5.32 Å². The second kappa shape index (κ2) is 6.57. The maximum absolute atomic E-state index is 12.0. The summed E-state index contributed by atoms with van der Waals surface area (Å²) in [7, 11) is 0. The van der Waals surface area contributed by atoms with Crippen LogP contribution in [0.15, 0.2) is 18.2 Å². The SMILES string of the molecule is O=C(Cc1c(Cl)cccc1Cl)N[C@@H]1CCOC[C@H]1O. The van der Waals surface area contributed by atoms with Gasteiger partial charge in [-0.3, -0.25) is 4.79 Å². The number of aliphatic hydroxyl groups excluding tert-OH is 1. The van der Waals surface area contributed by atoms with Crippen LogP contribution in [0.4, 0.5) is 0 Å². The molecule has 1 amide bonds. The van der Waals surface area contributed by atoms with E-state index in [-0.39, 0.29) is 25.0 Å². The molecule has 0 aliphatic carbocycles. The molecule has 1 aliphatic heterocycles. The zero-order chi connectivity index (χ0) is 13.8. The molecule has 1 saturated heterocycles. The Labute approximate surface area is 121 Å². The highest BCUT2D eigenvalue weighted by Crippen LogP contribution is 2.24. The van der Waals surface area contributed by atoms with Gasteiger partial charge in [-0.2, -0.15) is 0 Å². The average Bonchev–Trinajstić information content (AvgIpc) is 2.37. The fraction of sp³-hybridized carbons (Fsp3) is 0.462. The maximum Gasteiger partial charge on any atom is 0.224 e. The zero-order valence-electron chi connectivity index (χ0n) is 10.2. The van der Waals surface area contributed by atoms with Gasteiger partial charge in [0, 0.05) is 16.7 Å². The smallest absolute Gasteiger partial charge is 0.224 e. The molecule has 104 valence electrons. The van der Waals surface area contributed by atoms with Crippen LogP contribution in [0, 0.1) is 0 Å². The second-order valence-electron chi connectivity index (χ2n) is 4.48. The Morgan fingerprint density at radius 2 is 2.11 bits per heavy atom. The molecule has 1 fully saturated rings. The van der Waals surface area contributed by atoms with Gasteiger partial charge in [0.1, 0.15) is 0 Å². The first kappa shape index (κ1) is 14.6. The Morgan fingerprint density at radius 3 is 2.74 bits per heavy atom. The van der Waals surface area contributed by atoms with E-state index in [1.165, 1.54) is 0 Å². The summed E-state index contributed by atoms with van der Waals surface area (Å²) in [5.41, 5.74) is 0.602. The van der Waals surface area contributed by atoms with Crippen LogP contribution in [0.2, 0.25) is 10.0 Å². The van der Waals surface area contributed by atoms with Crippen LogP contribution in [-0.4, -0.2) is 36.4 Å². The molecule has 1 aromatic carbocycles. The molecular weight excluding hydrogens is 289 g/mol. The molecule has 19 heavy (non-hydrogen) atoms. The van der Waals surface area contributed by atoms with Crippen molar-refractivity contribution < 1.29 is 14.6 Å². The summed E-state index contributed by atoms with van der Waals surface area (Å²) >= 11 is 12.0. The van der Waals surface area contributed by atoms with E-state index in [2.05, 4.69) is 5.32 Å². The Balaban J connectivity index is 1.97. The van der Waals surface area contributed by atoms with Gasteiger partial charge in [0.15, 0.2) is 0 Å². The first-order valence-corrected chi connectivity index (χ1v) is 6.81. The fourth-order valence-electron chi connectivity index (χ4n) is 2.01. The largest absolute Gasteiger partial charge is 0.389 e. The number of nitrogens with one attached hydrogen (secondary N) is 1. The van der Waals surface area contributed by atoms with E-state index in [0.29, 0.717) is 28.6 Å². The van der Waals surface area contributed by atoms with Gasteiger partial charge >= 0.3 is 0 Å². The Kier molecular flexibility index (Phi) is 5.05. The van der Waals surface area contributed by atoms with Crippen molar-refractivity contribution in [3.8, 4) is 0 Å². The minimum absolute atomic E-state index is 0.0998. The normalized spacial score (nSPS) is 23.1. The molecule has 0 saturated carbocycles. The minimum atomic E-state index is -0.667. The number of hydrogen-bond donors (Lipinski definition) is 2. The lowest BCUT2D eigenvalue weighted by Gasteiger charge is -2.28. The van der Waals surface area contributed by atoms with Crippen molar-refractivity contribution in [2.75, 3.05) is 13.2 Å². The molecule has 0 aromatic heterocycles. The highest BCUT2D eigenvalue weighted by atomic mass is 35.5. The van der Waals surface area contributed by atoms with Crippen molar-refractivity contribution in [3.05, 3.63) is 33.8 Å². The van der Waals surface area contributed by atoms with Crippen molar-refractivity contribution in [2.45, 2.75) is 25.0 Å². The number of benzene rings is 1. The van der Waals surface area contributed by atoms with Crippen molar-refractivity contribution in [1.29, 1.82) is 0 Å². The number of aliphatic hydroxyl groups is 1. The van der Waals surface area contributed by atoms with E-state index in [4.69, 9.17) is 27.9 Å². The van der Waals surface area contributed by atoms with Crippen molar-refractivity contribution >= 4 is 29.1 Å². The lowest BCUT2D eigenvalue weighted by molar-refractivity contribution is -0.123. The first-order valence-electron chi connectivity index (χ1n) is 6.06. The Hall–Kier alpha value is -0.810. The molecule has 0 unspecified atom stereocenters. The van der Waals surface area contributed by atoms with Crippen LogP contribution in [0.3, 0.4) is 0 Å². The van der Waals surface area contributed by atoms with Gasteiger partial charge in [0.05, 0.1) is 25.2 Å². The summed E-state index contributed by atoms with van der Waals surface area (Å²) < 4.78 is 5.11. The lowest BCUT2D eigenvalue weighted by atomic mass is 10.1. The standard InChI is InChI=1S/C13H15Cl2NO3/c14-9-2-1-3-10(15)8(9)6-13(18)16-11-4-5-19-7-12(11)17/h1-3,11-12,17H,4-7H2,(H,16,18)/t11-,12-/m1/s1. The number of hydrogen-bond acceptors (Lipinski definition) is 3. The molecule has 0 radical (unpaired) electrons. The summed E-state index contributed by atoms with van der Waals surface area (Å²) in [6.45, 7) is 0.784. The summed E-state index contributed by atoms with van der Waals surface area (Å²) in [5.74, 6) is -0.207. The highest BCUT2D eigenvalue weighted by Gasteiger charge is 2.25. The number of carbonyl (C=O) groups excluding carboxylic acids is 1. The van der Waals surface area contributed by atoms with Crippen LogP contribution in [0.5, 0.6) is 0 Å². The van der Waals surface area contributed by atoms with Gasteiger partial charge in [-0.25, -0.2) is 0 Å². The van der Waals surface area contributed by atoms with E-state index in [0.717, 1.165) is 0 Å². The van der Waals surface area contributed by atoms with Crippen LogP contribution in [0.25, 0.3) is 0 Å². The van der Waals surface area contributed by atoms with Crippen LogP contribution in [-0.2, 0) is 16.0 Å². The monoisotopic (exact) mass is 303 g/mol. The number of halogens is 2. The van der Waals surface area contributed by atoms with Gasteiger partial charge in [-0.1, -0.05) is 29.3 Å². The quantitative estimate of drug-likeness (QED) is 0.895. The van der Waals surface area contributed by atoms with Gasteiger partial charge in [-0.15, -0.1) is 0 Å². The molecule has 4 nitrogen and oxygen atoms in total. The predicted molar refractivity (Wildman–Crippen MR) is 73.5 cm³/mol. The first-order chi connectivity index (χ1) is 9.08. The summed E-state index contributed by atoms with van der Waals surface area (Å²) in [6.07, 6.45) is 0.0329. The molecule has 0 spiro atoms. The Bertz CT molecular complexity index is 447. The third-order valence-electron chi connectivity index (χ3n) is 3.07. The molecule has 1 aromatic rings. The maximum atomic E-state index is 12.0. The number of amides is 1. The lowest BCUT2D eigenvalue weighted by Crippen LogP contribution is -2.49. The topological polar surface area (TPSA) is 58.6 Å². The van der Waals surface area contributed by atoms with E-state index in [9.17, 15) is 9.90 Å². The molecule has 2 rings (SSSR count). The number of ether oxygens (including phenoxy) is 1. The molecule has 2 atom stereocenters. The summed E-state index contributed by atoms with van der Waals surface area (Å²) in [5, 5.41) is 13.4. The third-order valence-corrected chi connectivity index (χ3v) is 3.78. The van der Waals surface area contributed by atoms with Gasteiger partial charge < -0.3 is 15.2 Å². The average molecular weight is 304 g/mol. The highest BCUT2D eigenvalue weighted by molar-refractivity contribution is 6.36. The summed E-state index contributed by atoms with van der Waals surface area (Å²) in [6, 6.07) is 4.84. The van der Waals surface area contributed by atoms with Gasteiger partial charge in [0.2, 0.25) is 5.91 Å². The van der Waals surface area contributed by atoms with E-state index in [1.54, 1.807) is 18.2 Å². The predicted octanol–water partition coefficient (Wildman–Crippen LogP) is 1.80. The molecule has 6 heteroatoms.